The van der Waals surface area contributed by atoms with Crippen molar-refractivity contribution in [3.05, 3.63) is 11.8 Å². The minimum Gasteiger partial charge on any atom is -0.501 e. The van der Waals surface area contributed by atoms with Crippen molar-refractivity contribution in [2.45, 2.75) is 32.2 Å². The third-order valence-corrected chi connectivity index (χ3v) is 4.94. The Kier molecular flexibility index (Phi) is 4.80. The first-order valence-electron chi connectivity index (χ1n) is 8.21. The first-order valence-corrected chi connectivity index (χ1v) is 8.21. The topological polar surface area (TPSA) is 42.0 Å². The van der Waals surface area contributed by atoms with Gasteiger partial charge in [-0.15, -0.1) is 0 Å². The van der Waals surface area contributed by atoms with Crippen LogP contribution in [0.2, 0.25) is 0 Å². The molecule has 118 valence electrons. The molecule has 3 rings (SSSR count). The first-order chi connectivity index (χ1) is 10.3. The van der Waals surface area contributed by atoms with Gasteiger partial charge in [0.1, 0.15) is 0 Å². The lowest BCUT2D eigenvalue weighted by Crippen LogP contribution is -2.47. The maximum atomic E-state index is 12.6. The van der Waals surface area contributed by atoms with E-state index >= 15 is 0 Å². The van der Waals surface area contributed by atoms with E-state index in [-0.39, 0.29) is 5.91 Å². The van der Waals surface area contributed by atoms with Crippen LogP contribution in [0, 0.1) is 5.92 Å². The molecule has 2 fully saturated rings. The Morgan fingerprint density at radius 1 is 1.29 bits per heavy atom. The molecule has 0 aliphatic carbocycles. The van der Waals surface area contributed by atoms with Crippen LogP contribution in [0.15, 0.2) is 11.8 Å². The molecule has 2 saturated heterocycles. The van der Waals surface area contributed by atoms with Crippen molar-refractivity contribution in [2.24, 2.45) is 5.92 Å². The molecule has 0 aromatic rings. The number of hydrogen-bond donors (Lipinski definition) is 0. The van der Waals surface area contributed by atoms with Gasteiger partial charge in [-0.3, -0.25) is 9.69 Å². The van der Waals surface area contributed by atoms with Crippen molar-refractivity contribution in [3.63, 3.8) is 0 Å². The highest BCUT2D eigenvalue weighted by molar-refractivity contribution is 5.93. The largest absolute Gasteiger partial charge is 0.501 e. The standard InChI is InChI=1S/C16H26N2O3/c1-2-13-10-18(16(19)14-4-3-7-21-12-14)11-15(13)17-5-8-20-9-6-17/h12-13,15H,2-11H2,1H3/t13-,15-/m1/s1. The Morgan fingerprint density at radius 3 is 2.76 bits per heavy atom. The van der Waals surface area contributed by atoms with Crippen LogP contribution in [0.5, 0.6) is 0 Å². The summed E-state index contributed by atoms with van der Waals surface area (Å²) >= 11 is 0. The molecular formula is C16H26N2O3. The summed E-state index contributed by atoms with van der Waals surface area (Å²) in [6, 6.07) is 0.493. The fourth-order valence-electron chi connectivity index (χ4n) is 3.67. The highest BCUT2D eigenvalue weighted by Gasteiger charge is 2.38. The van der Waals surface area contributed by atoms with Gasteiger partial charge in [0.25, 0.3) is 5.91 Å². The summed E-state index contributed by atoms with van der Waals surface area (Å²) < 4.78 is 10.8. The van der Waals surface area contributed by atoms with E-state index in [1.165, 1.54) is 0 Å². The highest BCUT2D eigenvalue weighted by atomic mass is 16.5. The summed E-state index contributed by atoms with van der Waals surface area (Å²) in [5, 5.41) is 0. The lowest BCUT2D eigenvalue weighted by molar-refractivity contribution is -0.127. The van der Waals surface area contributed by atoms with Gasteiger partial charge in [0.15, 0.2) is 0 Å². The second kappa shape index (κ2) is 6.79. The van der Waals surface area contributed by atoms with Crippen molar-refractivity contribution < 1.29 is 14.3 Å². The molecule has 0 bridgehead atoms. The van der Waals surface area contributed by atoms with Gasteiger partial charge >= 0.3 is 0 Å². The van der Waals surface area contributed by atoms with Gasteiger partial charge < -0.3 is 14.4 Å². The summed E-state index contributed by atoms with van der Waals surface area (Å²) in [7, 11) is 0. The molecule has 1 amide bonds. The lowest BCUT2D eigenvalue weighted by atomic mass is 9.99. The monoisotopic (exact) mass is 294 g/mol. The predicted octanol–water partition coefficient (Wildman–Crippen LogP) is 1.25. The van der Waals surface area contributed by atoms with Gasteiger partial charge in [0.05, 0.1) is 31.7 Å². The quantitative estimate of drug-likeness (QED) is 0.785. The summed E-state index contributed by atoms with van der Waals surface area (Å²) in [6.45, 7) is 8.34. The molecule has 0 aromatic carbocycles. The Bertz CT molecular complexity index is 404. The predicted molar refractivity (Wildman–Crippen MR) is 79.8 cm³/mol. The molecule has 3 aliphatic rings. The van der Waals surface area contributed by atoms with Gasteiger partial charge in [-0.1, -0.05) is 13.3 Å². The third kappa shape index (κ3) is 3.24. The van der Waals surface area contributed by atoms with Crippen molar-refractivity contribution >= 4 is 5.91 Å². The average Bonchev–Trinajstić information content (AvgIpc) is 3.00. The molecule has 3 aliphatic heterocycles. The molecule has 5 nitrogen and oxygen atoms in total. The maximum absolute atomic E-state index is 12.6. The van der Waals surface area contributed by atoms with Crippen LogP contribution in [-0.4, -0.2) is 67.7 Å². The molecule has 5 heteroatoms. The van der Waals surface area contributed by atoms with Crippen LogP contribution < -0.4 is 0 Å². The van der Waals surface area contributed by atoms with E-state index in [0.29, 0.717) is 12.0 Å². The SMILES string of the molecule is CC[C@@H]1CN(C(=O)C2=COCCC2)C[C@H]1N1CCOCC1. The van der Waals surface area contributed by atoms with E-state index in [2.05, 4.69) is 11.8 Å². The Labute approximate surface area is 126 Å². The minimum atomic E-state index is 0.184. The van der Waals surface area contributed by atoms with E-state index in [1.807, 2.05) is 4.90 Å². The van der Waals surface area contributed by atoms with Gasteiger partial charge in [-0.2, -0.15) is 0 Å². The van der Waals surface area contributed by atoms with Crippen LogP contribution >= 0.6 is 0 Å². The van der Waals surface area contributed by atoms with Crippen molar-refractivity contribution in [1.29, 1.82) is 0 Å². The van der Waals surface area contributed by atoms with Crippen LogP contribution in [0.4, 0.5) is 0 Å². The highest BCUT2D eigenvalue weighted by Crippen LogP contribution is 2.27. The van der Waals surface area contributed by atoms with E-state index < -0.39 is 0 Å². The van der Waals surface area contributed by atoms with E-state index in [9.17, 15) is 4.79 Å². The Morgan fingerprint density at radius 2 is 2.10 bits per heavy atom. The van der Waals surface area contributed by atoms with E-state index in [1.54, 1.807) is 6.26 Å². The Balaban J connectivity index is 1.65. The summed E-state index contributed by atoms with van der Waals surface area (Å²) in [5.74, 6) is 0.765. The van der Waals surface area contributed by atoms with Crippen LogP contribution in [0.25, 0.3) is 0 Å². The van der Waals surface area contributed by atoms with Crippen LogP contribution in [0.3, 0.4) is 0 Å². The summed E-state index contributed by atoms with van der Waals surface area (Å²) in [6.07, 6.45) is 4.61. The molecule has 0 spiro atoms. The molecule has 21 heavy (non-hydrogen) atoms. The fourth-order valence-corrected chi connectivity index (χ4v) is 3.67. The second-order valence-electron chi connectivity index (χ2n) is 6.21. The van der Waals surface area contributed by atoms with Gasteiger partial charge in [-0.25, -0.2) is 0 Å². The van der Waals surface area contributed by atoms with Crippen molar-refractivity contribution in [1.82, 2.24) is 9.80 Å². The fraction of sp³-hybridized carbons (Fsp3) is 0.812. The lowest BCUT2D eigenvalue weighted by Gasteiger charge is -2.34. The molecule has 3 heterocycles. The molecule has 0 saturated carbocycles. The number of ether oxygens (including phenoxy) is 2. The normalized spacial score (nSPS) is 30.9. The number of rotatable bonds is 3. The molecule has 0 aromatic heterocycles. The molecule has 0 unspecified atom stereocenters. The zero-order chi connectivity index (χ0) is 14.7. The van der Waals surface area contributed by atoms with Crippen molar-refractivity contribution in [2.75, 3.05) is 46.0 Å². The van der Waals surface area contributed by atoms with Crippen LogP contribution in [0.1, 0.15) is 26.2 Å². The number of carbonyl (C=O) groups excluding carboxylic acids is 1. The van der Waals surface area contributed by atoms with Crippen molar-refractivity contribution in [3.8, 4) is 0 Å². The molecular weight excluding hydrogens is 268 g/mol. The second-order valence-corrected chi connectivity index (χ2v) is 6.21. The number of nitrogens with zero attached hydrogens (tertiary/aromatic N) is 2. The maximum Gasteiger partial charge on any atom is 0.252 e. The Hall–Kier alpha value is -1.07. The number of hydrogen-bond acceptors (Lipinski definition) is 4. The first kappa shape index (κ1) is 14.9. The zero-order valence-corrected chi connectivity index (χ0v) is 12.9. The van der Waals surface area contributed by atoms with Crippen LogP contribution in [-0.2, 0) is 14.3 Å². The van der Waals surface area contributed by atoms with Gasteiger partial charge in [0, 0.05) is 32.2 Å². The number of likely N-dealkylation sites (tertiary alicyclic amines) is 1. The van der Waals surface area contributed by atoms with E-state index in [0.717, 1.165) is 70.8 Å². The van der Waals surface area contributed by atoms with Gasteiger partial charge in [-0.05, 0) is 18.8 Å². The minimum absolute atomic E-state index is 0.184. The van der Waals surface area contributed by atoms with Gasteiger partial charge in [0.2, 0.25) is 0 Å². The molecule has 0 N–H and O–H groups in total. The molecule has 2 atom stereocenters. The number of morpholine rings is 1. The summed E-state index contributed by atoms with van der Waals surface area (Å²) in [4.78, 5) is 17.2. The summed E-state index contributed by atoms with van der Waals surface area (Å²) in [5.41, 5.74) is 0.846. The smallest absolute Gasteiger partial charge is 0.252 e. The number of carbonyl (C=O) groups is 1. The zero-order valence-electron chi connectivity index (χ0n) is 12.9. The average molecular weight is 294 g/mol. The number of amides is 1. The van der Waals surface area contributed by atoms with E-state index in [4.69, 9.17) is 9.47 Å². The molecule has 0 radical (unpaired) electrons. The third-order valence-electron chi connectivity index (χ3n) is 4.94.